The number of carbonyl (C=O) groups is 1. The third-order valence-electron chi connectivity index (χ3n) is 2.97. The summed E-state index contributed by atoms with van der Waals surface area (Å²) >= 11 is 0. The van der Waals surface area contributed by atoms with Crippen LogP contribution in [0.4, 0.5) is 0 Å². The van der Waals surface area contributed by atoms with Crippen molar-refractivity contribution in [1.29, 1.82) is 0 Å². The molecule has 1 aromatic carbocycles. The van der Waals surface area contributed by atoms with Gasteiger partial charge in [-0.2, -0.15) is 0 Å². The molecule has 0 aromatic heterocycles. The minimum absolute atomic E-state index is 0.111. The molecular formula is C15H16O2. The summed E-state index contributed by atoms with van der Waals surface area (Å²) in [7, 11) is 0. The van der Waals surface area contributed by atoms with Crippen LogP contribution in [0.25, 0.3) is 6.08 Å². The summed E-state index contributed by atoms with van der Waals surface area (Å²) in [6.07, 6.45) is 5.33. The third kappa shape index (κ3) is 2.64. The van der Waals surface area contributed by atoms with Gasteiger partial charge in [0.15, 0.2) is 5.78 Å². The normalized spacial score (nSPS) is 24.6. The third-order valence-corrected chi connectivity index (χ3v) is 2.97. The van der Waals surface area contributed by atoms with Gasteiger partial charge in [0.1, 0.15) is 6.10 Å². The fourth-order valence-electron chi connectivity index (χ4n) is 1.85. The largest absolute Gasteiger partial charge is 0.493 e. The van der Waals surface area contributed by atoms with Gasteiger partial charge in [-0.15, -0.1) is 0 Å². The molecule has 0 amide bonds. The van der Waals surface area contributed by atoms with Gasteiger partial charge in [0, 0.05) is 5.57 Å². The molecule has 2 rings (SSSR count). The molecule has 0 saturated carbocycles. The van der Waals surface area contributed by atoms with Crippen LogP contribution < -0.4 is 0 Å². The van der Waals surface area contributed by atoms with E-state index in [2.05, 4.69) is 0 Å². The summed E-state index contributed by atoms with van der Waals surface area (Å²) in [5.41, 5.74) is 1.81. The Hall–Kier alpha value is -1.83. The van der Waals surface area contributed by atoms with E-state index in [1.165, 1.54) is 0 Å². The molecular weight excluding hydrogens is 212 g/mol. The first kappa shape index (κ1) is 11.6. The standard InChI is InChI=1S/C15H16O2/c1-11-10-17-14(12(2)15(11)16)9-8-13-6-4-3-5-7-13/h3-10,12,14H,1-2H3/b9-8+/t12?,14-/m0/s1. The van der Waals surface area contributed by atoms with E-state index in [1.807, 2.05) is 49.4 Å². The first-order valence-corrected chi connectivity index (χ1v) is 5.78. The van der Waals surface area contributed by atoms with Crippen molar-refractivity contribution < 1.29 is 9.53 Å². The fourth-order valence-corrected chi connectivity index (χ4v) is 1.85. The molecule has 0 aliphatic carbocycles. The Kier molecular flexibility index (Phi) is 3.43. The van der Waals surface area contributed by atoms with E-state index >= 15 is 0 Å². The number of hydrogen-bond acceptors (Lipinski definition) is 2. The summed E-state index contributed by atoms with van der Waals surface area (Å²) in [5, 5.41) is 0. The van der Waals surface area contributed by atoms with Crippen molar-refractivity contribution in [2.24, 2.45) is 5.92 Å². The second-order valence-corrected chi connectivity index (χ2v) is 4.32. The molecule has 1 aliphatic heterocycles. The summed E-state index contributed by atoms with van der Waals surface area (Å²) in [4.78, 5) is 11.8. The quantitative estimate of drug-likeness (QED) is 0.777. The van der Waals surface area contributed by atoms with Gasteiger partial charge in [0.05, 0.1) is 12.2 Å². The number of benzene rings is 1. The molecule has 0 bridgehead atoms. The second-order valence-electron chi connectivity index (χ2n) is 4.32. The number of Topliss-reactive ketones (excluding diaryl/α,β-unsaturated/α-hetero) is 1. The van der Waals surface area contributed by atoms with Gasteiger partial charge in [0.2, 0.25) is 0 Å². The van der Waals surface area contributed by atoms with Gasteiger partial charge in [-0.05, 0) is 18.6 Å². The predicted octanol–water partition coefficient (Wildman–Crippen LogP) is 3.21. The SMILES string of the molecule is CC1=CO[C@@H](/C=C/c2ccccc2)C(C)C1=O. The van der Waals surface area contributed by atoms with E-state index in [0.717, 1.165) is 5.56 Å². The predicted molar refractivity (Wildman–Crippen MR) is 68.3 cm³/mol. The molecule has 1 aromatic rings. The Morgan fingerprint density at radius 3 is 2.65 bits per heavy atom. The van der Waals surface area contributed by atoms with Gasteiger partial charge in [0.25, 0.3) is 0 Å². The van der Waals surface area contributed by atoms with Crippen molar-refractivity contribution in [3.8, 4) is 0 Å². The van der Waals surface area contributed by atoms with Crippen molar-refractivity contribution in [2.75, 3.05) is 0 Å². The van der Waals surface area contributed by atoms with Crippen molar-refractivity contribution in [2.45, 2.75) is 20.0 Å². The molecule has 0 radical (unpaired) electrons. The molecule has 1 unspecified atom stereocenters. The molecule has 2 heteroatoms. The van der Waals surface area contributed by atoms with Crippen molar-refractivity contribution in [3.63, 3.8) is 0 Å². The van der Waals surface area contributed by atoms with Crippen molar-refractivity contribution in [1.82, 2.24) is 0 Å². The lowest BCUT2D eigenvalue weighted by Crippen LogP contribution is -2.30. The first-order chi connectivity index (χ1) is 8.18. The molecule has 0 N–H and O–H groups in total. The molecule has 88 valence electrons. The first-order valence-electron chi connectivity index (χ1n) is 5.78. The zero-order valence-electron chi connectivity index (χ0n) is 10.1. The molecule has 0 spiro atoms. The molecule has 1 aliphatic rings. The Labute approximate surface area is 102 Å². The van der Waals surface area contributed by atoms with E-state index < -0.39 is 0 Å². The van der Waals surface area contributed by atoms with Gasteiger partial charge in [-0.25, -0.2) is 0 Å². The highest BCUT2D eigenvalue weighted by atomic mass is 16.5. The highest BCUT2D eigenvalue weighted by Crippen LogP contribution is 2.21. The maximum Gasteiger partial charge on any atom is 0.168 e. The van der Waals surface area contributed by atoms with Crippen molar-refractivity contribution in [3.05, 3.63) is 53.8 Å². The van der Waals surface area contributed by atoms with Crippen LogP contribution >= 0.6 is 0 Å². The molecule has 0 fully saturated rings. The van der Waals surface area contributed by atoms with E-state index in [9.17, 15) is 4.79 Å². The summed E-state index contributed by atoms with van der Waals surface area (Å²) in [5.74, 6) is 0.0546. The Morgan fingerprint density at radius 1 is 1.24 bits per heavy atom. The van der Waals surface area contributed by atoms with Crippen LogP contribution in [-0.4, -0.2) is 11.9 Å². The smallest absolute Gasteiger partial charge is 0.168 e. The van der Waals surface area contributed by atoms with Crippen LogP contribution in [0, 0.1) is 5.92 Å². The maximum absolute atomic E-state index is 11.8. The van der Waals surface area contributed by atoms with E-state index in [4.69, 9.17) is 4.74 Å². The van der Waals surface area contributed by atoms with Gasteiger partial charge in [-0.3, -0.25) is 4.79 Å². The average molecular weight is 228 g/mol. The van der Waals surface area contributed by atoms with Crippen molar-refractivity contribution >= 4 is 11.9 Å². The molecule has 0 saturated heterocycles. The second kappa shape index (κ2) is 5.00. The maximum atomic E-state index is 11.8. The molecule has 2 atom stereocenters. The zero-order valence-corrected chi connectivity index (χ0v) is 10.1. The molecule has 2 nitrogen and oxygen atoms in total. The lowest BCUT2D eigenvalue weighted by molar-refractivity contribution is -0.122. The molecule has 17 heavy (non-hydrogen) atoms. The Morgan fingerprint density at radius 2 is 1.94 bits per heavy atom. The lowest BCUT2D eigenvalue weighted by Gasteiger charge is -2.24. The average Bonchev–Trinajstić information content (AvgIpc) is 2.36. The zero-order chi connectivity index (χ0) is 12.3. The highest BCUT2D eigenvalue weighted by molar-refractivity contribution is 5.97. The van der Waals surface area contributed by atoms with Crippen LogP contribution in [0.3, 0.4) is 0 Å². The highest BCUT2D eigenvalue weighted by Gasteiger charge is 2.27. The topological polar surface area (TPSA) is 26.3 Å². The number of rotatable bonds is 2. The van der Waals surface area contributed by atoms with Crippen LogP contribution in [0.5, 0.6) is 0 Å². The lowest BCUT2D eigenvalue weighted by atomic mass is 9.93. The van der Waals surface area contributed by atoms with Crippen LogP contribution in [0.15, 0.2) is 48.2 Å². The number of hydrogen-bond donors (Lipinski definition) is 0. The van der Waals surface area contributed by atoms with E-state index in [-0.39, 0.29) is 17.8 Å². The van der Waals surface area contributed by atoms with E-state index in [1.54, 1.807) is 13.2 Å². The van der Waals surface area contributed by atoms with Crippen LogP contribution in [0.1, 0.15) is 19.4 Å². The van der Waals surface area contributed by atoms with E-state index in [0.29, 0.717) is 5.57 Å². The summed E-state index contributed by atoms with van der Waals surface area (Å²) in [6.45, 7) is 3.69. The number of allylic oxidation sites excluding steroid dienone is 1. The minimum atomic E-state index is -0.161. The number of carbonyl (C=O) groups excluding carboxylic acids is 1. The minimum Gasteiger partial charge on any atom is -0.493 e. The summed E-state index contributed by atoms with van der Waals surface area (Å²) < 4.78 is 5.52. The monoisotopic (exact) mass is 228 g/mol. The number of ether oxygens (including phenoxy) is 1. The van der Waals surface area contributed by atoms with Crippen LogP contribution in [-0.2, 0) is 9.53 Å². The Bertz CT molecular complexity index is 457. The fraction of sp³-hybridized carbons (Fsp3) is 0.267. The molecule has 1 heterocycles. The van der Waals surface area contributed by atoms with Gasteiger partial charge in [-0.1, -0.05) is 43.3 Å². The Balaban J connectivity index is 2.10. The number of ketones is 1. The summed E-state index contributed by atoms with van der Waals surface area (Å²) in [6, 6.07) is 9.99. The van der Waals surface area contributed by atoms with Gasteiger partial charge >= 0.3 is 0 Å². The van der Waals surface area contributed by atoms with Crippen LogP contribution in [0.2, 0.25) is 0 Å². The van der Waals surface area contributed by atoms with Gasteiger partial charge < -0.3 is 4.74 Å².